The van der Waals surface area contributed by atoms with Crippen LogP contribution in [0.4, 0.5) is 0 Å². The van der Waals surface area contributed by atoms with Crippen LogP contribution >= 0.6 is 11.8 Å². The lowest BCUT2D eigenvalue weighted by Crippen LogP contribution is -2.37. The summed E-state index contributed by atoms with van der Waals surface area (Å²) >= 11 is 1.63. The lowest BCUT2D eigenvalue weighted by Gasteiger charge is -2.21. The van der Waals surface area contributed by atoms with E-state index in [1.54, 1.807) is 17.8 Å². The molecule has 0 radical (unpaired) electrons. The molecular formula is C31H44N2O2S. The highest BCUT2D eigenvalue weighted by Gasteiger charge is 2.17. The van der Waals surface area contributed by atoms with Crippen molar-refractivity contribution in [2.45, 2.75) is 53.5 Å². The predicted octanol–water partition coefficient (Wildman–Crippen LogP) is 7.36. The van der Waals surface area contributed by atoms with E-state index < -0.39 is 0 Å². The van der Waals surface area contributed by atoms with Gasteiger partial charge in [-0.1, -0.05) is 82.5 Å². The third-order valence-electron chi connectivity index (χ3n) is 4.61. The number of hydrogen-bond acceptors (Lipinski definition) is 4. The van der Waals surface area contributed by atoms with Crippen LogP contribution in [0, 0.1) is 12.8 Å². The second-order valence-electron chi connectivity index (χ2n) is 7.04. The van der Waals surface area contributed by atoms with Gasteiger partial charge in [0.25, 0.3) is 0 Å². The number of ether oxygens (including phenoxy) is 1. The van der Waals surface area contributed by atoms with Crippen molar-refractivity contribution in [2.24, 2.45) is 4.99 Å². The lowest BCUT2D eigenvalue weighted by molar-refractivity contribution is -0.120. The Morgan fingerprint density at radius 2 is 1.86 bits per heavy atom. The molecule has 196 valence electrons. The topological polar surface area (TPSA) is 50.7 Å². The van der Waals surface area contributed by atoms with Gasteiger partial charge in [-0.15, -0.1) is 24.6 Å². The van der Waals surface area contributed by atoms with Gasteiger partial charge in [-0.25, -0.2) is 0 Å². The Hall–Kier alpha value is -3.23. The molecule has 1 amide bonds. The highest BCUT2D eigenvalue weighted by molar-refractivity contribution is 8.13. The Bertz CT molecular complexity index is 906. The maximum absolute atomic E-state index is 12.8. The second-order valence-corrected chi connectivity index (χ2v) is 8.04. The molecule has 1 unspecified atom stereocenters. The average molecular weight is 509 g/mol. The monoisotopic (exact) mass is 508 g/mol. The molecule has 0 aliphatic carbocycles. The van der Waals surface area contributed by atoms with Crippen LogP contribution in [0.3, 0.4) is 0 Å². The number of benzene rings is 1. The average Bonchev–Trinajstić information content (AvgIpc) is 2.92. The normalized spacial score (nSPS) is 12.1. The molecule has 0 saturated heterocycles. The van der Waals surface area contributed by atoms with Gasteiger partial charge in [0.05, 0.1) is 24.1 Å². The summed E-state index contributed by atoms with van der Waals surface area (Å²) in [5, 5.41) is 4.16. The SMILES string of the molecule is C#C.C=C/C=C\C(=C)C(NC(=O)Cc1ccc(OCCN=C(C)SC)cc1)C(/C=C\CC)=C/C.CC. The summed E-state index contributed by atoms with van der Waals surface area (Å²) in [4.78, 5) is 17.2. The fourth-order valence-electron chi connectivity index (χ4n) is 2.82. The summed E-state index contributed by atoms with van der Waals surface area (Å²) in [6.45, 7) is 19.0. The van der Waals surface area contributed by atoms with E-state index in [4.69, 9.17) is 4.74 Å². The van der Waals surface area contributed by atoms with Crippen LogP contribution < -0.4 is 10.1 Å². The van der Waals surface area contributed by atoms with Crippen LogP contribution in [-0.2, 0) is 11.2 Å². The van der Waals surface area contributed by atoms with Crippen LogP contribution in [0.2, 0.25) is 0 Å². The summed E-state index contributed by atoms with van der Waals surface area (Å²) in [5.41, 5.74) is 2.72. The second kappa shape index (κ2) is 23.5. The zero-order valence-electron chi connectivity index (χ0n) is 22.9. The van der Waals surface area contributed by atoms with Gasteiger partial charge in [-0.2, -0.15) is 0 Å². The molecule has 0 aromatic heterocycles. The van der Waals surface area contributed by atoms with E-state index in [1.165, 1.54) is 0 Å². The van der Waals surface area contributed by atoms with Crippen LogP contribution in [0.25, 0.3) is 0 Å². The van der Waals surface area contributed by atoms with Crippen molar-refractivity contribution in [3.63, 3.8) is 0 Å². The quantitative estimate of drug-likeness (QED) is 0.0995. The van der Waals surface area contributed by atoms with Gasteiger partial charge in [-0.3, -0.25) is 9.79 Å². The van der Waals surface area contributed by atoms with Crippen molar-refractivity contribution >= 4 is 22.7 Å². The first kappa shape index (κ1) is 34.9. The first-order chi connectivity index (χ1) is 17.4. The molecule has 1 N–H and O–H groups in total. The number of hydrogen-bond donors (Lipinski definition) is 1. The minimum atomic E-state index is -0.292. The van der Waals surface area contributed by atoms with Gasteiger partial charge in [0, 0.05) is 0 Å². The molecule has 0 bridgehead atoms. The van der Waals surface area contributed by atoms with Crippen molar-refractivity contribution in [1.29, 1.82) is 0 Å². The molecule has 0 saturated carbocycles. The molecular weight excluding hydrogens is 464 g/mol. The number of carbonyl (C=O) groups is 1. The minimum absolute atomic E-state index is 0.0667. The number of carbonyl (C=O) groups excluding carboxylic acids is 1. The third kappa shape index (κ3) is 15.6. The van der Waals surface area contributed by atoms with Gasteiger partial charge in [0.15, 0.2) is 0 Å². The van der Waals surface area contributed by atoms with Crippen LogP contribution in [0.15, 0.2) is 90.0 Å². The molecule has 1 aromatic carbocycles. The van der Waals surface area contributed by atoms with E-state index in [0.29, 0.717) is 13.2 Å². The maximum atomic E-state index is 12.8. The van der Waals surface area contributed by atoms with Crippen molar-refractivity contribution < 1.29 is 9.53 Å². The van der Waals surface area contributed by atoms with E-state index >= 15 is 0 Å². The first-order valence-electron chi connectivity index (χ1n) is 12.1. The van der Waals surface area contributed by atoms with E-state index in [2.05, 4.69) is 49.3 Å². The molecule has 1 aromatic rings. The van der Waals surface area contributed by atoms with Gasteiger partial charge in [-0.05, 0) is 55.4 Å². The highest BCUT2D eigenvalue weighted by Crippen LogP contribution is 2.16. The van der Waals surface area contributed by atoms with Gasteiger partial charge in [0.1, 0.15) is 12.4 Å². The number of amides is 1. The Labute approximate surface area is 224 Å². The molecule has 0 aliphatic heterocycles. The molecule has 5 heteroatoms. The first-order valence-corrected chi connectivity index (χ1v) is 13.4. The minimum Gasteiger partial charge on any atom is -0.492 e. The van der Waals surface area contributed by atoms with Crippen LogP contribution in [0.1, 0.15) is 46.6 Å². The van der Waals surface area contributed by atoms with Crippen molar-refractivity contribution in [2.75, 3.05) is 19.4 Å². The number of nitrogens with zero attached hydrogens (tertiary/aromatic N) is 1. The molecule has 1 rings (SSSR count). The number of aliphatic imine (C=N–C) groups is 1. The zero-order chi connectivity index (χ0) is 27.8. The van der Waals surface area contributed by atoms with Gasteiger partial charge >= 0.3 is 0 Å². The van der Waals surface area contributed by atoms with E-state index in [-0.39, 0.29) is 18.4 Å². The lowest BCUT2D eigenvalue weighted by atomic mass is 9.97. The van der Waals surface area contributed by atoms with Crippen molar-refractivity contribution in [1.82, 2.24) is 5.32 Å². The summed E-state index contributed by atoms with van der Waals surface area (Å²) < 4.78 is 5.72. The Morgan fingerprint density at radius 1 is 1.22 bits per heavy atom. The Balaban J connectivity index is 0. The molecule has 1 atom stereocenters. The number of rotatable bonds is 13. The summed E-state index contributed by atoms with van der Waals surface area (Å²) in [5.74, 6) is 0.704. The molecule has 0 heterocycles. The standard InChI is InChI=1S/C27H36N2O2S.C2H6.C2H2/c1-7-10-12-21(4)27(24(9-3)13-11-8-2)29-26(30)20-23-14-16-25(17-15-23)31-19-18-28-22(5)32-6;2*1-2/h7,9-17,27H,1,4,8,18-20H2,2-3,5-6H3,(H,29,30);1-2H3;1-2H/b12-10-,13-11-,24-9+,28-22?;;. The van der Waals surface area contributed by atoms with E-state index in [9.17, 15) is 4.79 Å². The largest absolute Gasteiger partial charge is 0.492 e. The number of terminal acetylenes is 1. The van der Waals surface area contributed by atoms with E-state index in [0.717, 1.165) is 33.9 Å². The Kier molecular flexibility index (Phi) is 22.8. The van der Waals surface area contributed by atoms with Crippen molar-refractivity contribution in [3.8, 4) is 18.6 Å². The predicted molar refractivity (Wildman–Crippen MR) is 162 cm³/mol. The molecule has 0 aliphatic rings. The number of nitrogens with one attached hydrogen (secondary N) is 1. The van der Waals surface area contributed by atoms with E-state index in [1.807, 2.05) is 82.5 Å². The fraction of sp³-hybridized carbons (Fsp3) is 0.355. The highest BCUT2D eigenvalue weighted by atomic mass is 32.2. The van der Waals surface area contributed by atoms with Crippen molar-refractivity contribution in [3.05, 3.63) is 90.6 Å². The zero-order valence-corrected chi connectivity index (χ0v) is 23.7. The number of thioether (sulfide) groups is 1. The third-order valence-corrected chi connectivity index (χ3v) is 5.33. The Morgan fingerprint density at radius 3 is 2.39 bits per heavy atom. The molecule has 4 nitrogen and oxygen atoms in total. The maximum Gasteiger partial charge on any atom is 0.225 e. The molecule has 0 fully saturated rings. The molecule has 36 heavy (non-hydrogen) atoms. The summed E-state index contributed by atoms with van der Waals surface area (Å²) in [6, 6.07) is 7.32. The van der Waals surface area contributed by atoms with Crippen LogP contribution in [-0.4, -0.2) is 36.4 Å². The number of allylic oxidation sites excluding steroid dienone is 4. The van der Waals surface area contributed by atoms with Gasteiger partial charge in [0.2, 0.25) is 5.91 Å². The smallest absolute Gasteiger partial charge is 0.225 e. The van der Waals surface area contributed by atoms with Gasteiger partial charge < -0.3 is 10.1 Å². The molecule has 0 spiro atoms. The summed E-state index contributed by atoms with van der Waals surface area (Å²) in [6.07, 6.45) is 22.7. The summed E-state index contributed by atoms with van der Waals surface area (Å²) in [7, 11) is 0. The fourth-order valence-corrected chi connectivity index (χ4v) is 3.04. The van der Waals surface area contributed by atoms with Crippen LogP contribution in [0.5, 0.6) is 5.75 Å².